The number of ether oxygens (including phenoxy) is 1. The number of aromatic nitrogens is 1. The van der Waals surface area contributed by atoms with Crippen LogP contribution in [0.25, 0.3) is 0 Å². The number of nitrogens with two attached hydrogens (primary N) is 1. The molecule has 1 aromatic rings. The second kappa shape index (κ2) is 6.45. The van der Waals surface area contributed by atoms with Crippen LogP contribution in [-0.2, 0) is 4.74 Å². The molecule has 90 valence electrons. The lowest BCUT2D eigenvalue weighted by molar-refractivity contribution is 0.205. The Labute approximate surface area is 97.4 Å². The Morgan fingerprint density at radius 3 is 2.69 bits per heavy atom. The predicted molar refractivity (Wildman–Crippen MR) is 66.6 cm³/mol. The minimum Gasteiger partial charge on any atom is -0.383 e. The van der Waals surface area contributed by atoms with Crippen LogP contribution in [0.4, 0.5) is 5.82 Å². The molecule has 0 saturated carbocycles. The van der Waals surface area contributed by atoms with Crippen molar-refractivity contribution in [1.82, 2.24) is 4.98 Å². The molecule has 0 radical (unpaired) electrons. The molecule has 4 heteroatoms. The highest BCUT2D eigenvalue weighted by atomic mass is 16.5. The van der Waals surface area contributed by atoms with E-state index < -0.39 is 0 Å². The molecule has 0 aliphatic carbocycles. The number of hydrogen-bond acceptors (Lipinski definition) is 4. The van der Waals surface area contributed by atoms with E-state index in [-0.39, 0.29) is 6.04 Å². The molecule has 1 rings (SSSR count). The summed E-state index contributed by atoms with van der Waals surface area (Å²) in [5.41, 5.74) is 6.84. The van der Waals surface area contributed by atoms with E-state index in [1.807, 2.05) is 25.3 Å². The lowest BCUT2D eigenvalue weighted by Gasteiger charge is -2.21. The molecular weight excluding hydrogens is 202 g/mol. The summed E-state index contributed by atoms with van der Waals surface area (Å²) in [4.78, 5) is 6.59. The lowest BCUT2D eigenvalue weighted by atomic mass is 10.1. The van der Waals surface area contributed by atoms with Crippen molar-refractivity contribution >= 4 is 5.82 Å². The van der Waals surface area contributed by atoms with Gasteiger partial charge in [0.2, 0.25) is 0 Å². The van der Waals surface area contributed by atoms with E-state index in [0.29, 0.717) is 6.61 Å². The Balaban J connectivity index is 2.70. The van der Waals surface area contributed by atoms with E-state index in [0.717, 1.165) is 24.5 Å². The van der Waals surface area contributed by atoms with Gasteiger partial charge >= 0.3 is 0 Å². The quantitative estimate of drug-likeness (QED) is 0.795. The van der Waals surface area contributed by atoms with E-state index in [1.54, 1.807) is 7.11 Å². The third-order valence-electron chi connectivity index (χ3n) is 2.57. The minimum absolute atomic E-state index is 0.0376. The van der Waals surface area contributed by atoms with Crippen LogP contribution in [0, 0.1) is 0 Å². The van der Waals surface area contributed by atoms with Gasteiger partial charge in [0.05, 0.1) is 6.61 Å². The zero-order chi connectivity index (χ0) is 12.0. The van der Waals surface area contributed by atoms with E-state index in [1.165, 1.54) is 0 Å². The maximum Gasteiger partial charge on any atom is 0.128 e. The largest absolute Gasteiger partial charge is 0.383 e. The van der Waals surface area contributed by atoms with Gasteiger partial charge in [0.15, 0.2) is 0 Å². The molecule has 0 unspecified atom stereocenters. The van der Waals surface area contributed by atoms with Gasteiger partial charge in [-0.05, 0) is 25.5 Å². The predicted octanol–water partition coefficient (Wildman–Crippen LogP) is 1.57. The van der Waals surface area contributed by atoms with E-state index >= 15 is 0 Å². The SMILES string of the molecule is CCN(CCOC)c1ccc([C@@H](C)N)cn1. The van der Waals surface area contributed by atoms with E-state index in [2.05, 4.69) is 16.8 Å². The molecule has 0 saturated heterocycles. The van der Waals surface area contributed by atoms with Crippen molar-refractivity contribution in [3.05, 3.63) is 23.9 Å². The number of pyridine rings is 1. The van der Waals surface area contributed by atoms with Gasteiger partial charge in [0.1, 0.15) is 5.82 Å². The lowest BCUT2D eigenvalue weighted by Crippen LogP contribution is -2.27. The maximum atomic E-state index is 5.78. The summed E-state index contributed by atoms with van der Waals surface area (Å²) >= 11 is 0. The molecule has 1 atom stereocenters. The average Bonchev–Trinajstić information content (AvgIpc) is 2.30. The van der Waals surface area contributed by atoms with Gasteiger partial charge < -0.3 is 15.4 Å². The zero-order valence-corrected chi connectivity index (χ0v) is 10.3. The summed E-state index contributed by atoms with van der Waals surface area (Å²) in [6, 6.07) is 4.08. The van der Waals surface area contributed by atoms with Crippen LogP contribution in [0.1, 0.15) is 25.5 Å². The number of nitrogens with zero attached hydrogens (tertiary/aromatic N) is 2. The first-order valence-corrected chi connectivity index (χ1v) is 5.64. The first kappa shape index (κ1) is 12.9. The van der Waals surface area contributed by atoms with E-state index in [9.17, 15) is 0 Å². The van der Waals surface area contributed by atoms with Crippen molar-refractivity contribution in [2.45, 2.75) is 19.9 Å². The van der Waals surface area contributed by atoms with Gasteiger partial charge in [-0.15, -0.1) is 0 Å². The molecule has 1 aromatic heterocycles. The Morgan fingerprint density at radius 1 is 1.50 bits per heavy atom. The molecule has 0 bridgehead atoms. The first-order chi connectivity index (χ1) is 7.69. The van der Waals surface area contributed by atoms with Crippen LogP contribution >= 0.6 is 0 Å². The smallest absolute Gasteiger partial charge is 0.128 e. The normalized spacial score (nSPS) is 12.5. The molecule has 0 spiro atoms. The summed E-state index contributed by atoms with van der Waals surface area (Å²) in [6.07, 6.45) is 1.84. The first-order valence-electron chi connectivity index (χ1n) is 5.64. The fourth-order valence-electron chi connectivity index (χ4n) is 1.49. The Morgan fingerprint density at radius 2 is 2.25 bits per heavy atom. The number of rotatable bonds is 6. The third-order valence-corrected chi connectivity index (χ3v) is 2.57. The number of anilines is 1. The maximum absolute atomic E-state index is 5.78. The monoisotopic (exact) mass is 223 g/mol. The van der Waals surface area contributed by atoms with Crippen LogP contribution in [-0.4, -0.2) is 31.8 Å². The van der Waals surface area contributed by atoms with Gasteiger partial charge in [-0.25, -0.2) is 4.98 Å². The van der Waals surface area contributed by atoms with Crippen LogP contribution in [0.15, 0.2) is 18.3 Å². The fraction of sp³-hybridized carbons (Fsp3) is 0.583. The van der Waals surface area contributed by atoms with Crippen LogP contribution in [0.5, 0.6) is 0 Å². The average molecular weight is 223 g/mol. The topological polar surface area (TPSA) is 51.4 Å². The highest BCUT2D eigenvalue weighted by molar-refractivity contribution is 5.39. The van der Waals surface area contributed by atoms with Gasteiger partial charge in [0, 0.05) is 32.4 Å². The Hall–Kier alpha value is -1.13. The van der Waals surface area contributed by atoms with Crippen LogP contribution in [0.2, 0.25) is 0 Å². The number of hydrogen-bond donors (Lipinski definition) is 1. The Kier molecular flexibility index (Phi) is 5.22. The summed E-state index contributed by atoms with van der Waals surface area (Å²) in [5, 5.41) is 0. The molecule has 0 amide bonds. The van der Waals surface area contributed by atoms with Gasteiger partial charge in [-0.2, -0.15) is 0 Å². The van der Waals surface area contributed by atoms with Gasteiger partial charge in [0.25, 0.3) is 0 Å². The highest BCUT2D eigenvalue weighted by Crippen LogP contribution is 2.14. The molecule has 0 aliphatic rings. The standard InChI is InChI=1S/C12H21N3O/c1-4-15(7-8-16-3)12-6-5-11(9-14-12)10(2)13/h5-6,9-10H,4,7-8,13H2,1-3H3/t10-/m1/s1. The summed E-state index contributed by atoms with van der Waals surface area (Å²) in [7, 11) is 1.71. The molecule has 1 heterocycles. The number of likely N-dealkylation sites (N-methyl/N-ethyl adjacent to an activating group) is 1. The van der Waals surface area contributed by atoms with Crippen molar-refractivity contribution in [1.29, 1.82) is 0 Å². The molecule has 16 heavy (non-hydrogen) atoms. The second-order valence-corrected chi connectivity index (χ2v) is 3.81. The zero-order valence-electron chi connectivity index (χ0n) is 10.3. The van der Waals surface area contributed by atoms with Crippen molar-refractivity contribution in [2.75, 3.05) is 31.7 Å². The van der Waals surface area contributed by atoms with Gasteiger partial charge in [-0.1, -0.05) is 6.07 Å². The fourth-order valence-corrected chi connectivity index (χ4v) is 1.49. The molecule has 0 aromatic carbocycles. The summed E-state index contributed by atoms with van der Waals surface area (Å²) < 4.78 is 5.07. The molecule has 4 nitrogen and oxygen atoms in total. The summed E-state index contributed by atoms with van der Waals surface area (Å²) in [5.74, 6) is 0.976. The molecule has 2 N–H and O–H groups in total. The van der Waals surface area contributed by atoms with Crippen molar-refractivity contribution in [2.24, 2.45) is 5.73 Å². The minimum atomic E-state index is 0.0376. The molecule has 0 fully saturated rings. The third kappa shape index (κ3) is 3.47. The Bertz CT molecular complexity index is 298. The van der Waals surface area contributed by atoms with Crippen molar-refractivity contribution < 1.29 is 4.74 Å². The molecular formula is C12H21N3O. The van der Waals surface area contributed by atoms with Crippen LogP contribution < -0.4 is 10.6 Å². The van der Waals surface area contributed by atoms with E-state index in [4.69, 9.17) is 10.5 Å². The van der Waals surface area contributed by atoms with Crippen molar-refractivity contribution in [3.8, 4) is 0 Å². The number of methoxy groups -OCH3 is 1. The highest BCUT2D eigenvalue weighted by Gasteiger charge is 2.06. The molecule has 0 aliphatic heterocycles. The van der Waals surface area contributed by atoms with Crippen molar-refractivity contribution in [3.63, 3.8) is 0 Å². The summed E-state index contributed by atoms with van der Waals surface area (Å²) in [6.45, 7) is 6.56. The van der Waals surface area contributed by atoms with Gasteiger partial charge in [-0.3, -0.25) is 0 Å². The van der Waals surface area contributed by atoms with Crippen LogP contribution in [0.3, 0.4) is 0 Å². The second-order valence-electron chi connectivity index (χ2n) is 3.81.